The second-order valence-electron chi connectivity index (χ2n) is 14.7. The average Bonchev–Trinajstić information content (AvgIpc) is 3.18. The van der Waals surface area contributed by atoms with Gasteiger partial charge in [-0.05, 0) is 83.5 Å². The molecule has 0 radical (unpaired) electrons. The summed E-state index contributed by atoms with van der Waals surface area (Å²) in [4.78, 5) is 37.7. The van der Waals surface area contributed by atoms with Crippen LogP contribution in [0.5, 0.6) is 0 Å². The summed E-state index contributed by atoms with van der Waals surface area (Å²) in [7, 11) is 0. The predicted octanol–water partition coefficient (Wildman–Crippen LogP) is 14.3. The molecule has 6 heteroatoms. The van der Waals surface area contributed by atoms with E-state index in [9.17, 15) is 14.4 Å². The molecule has 0 aromatic heterocycles. The van der Waals surface area contributed by atoms with Gasteiger partial charge in [0.1, 0.15) is 13.2 Å². The van der Waals surface area contributed by atoms with Crippen LogP contribution < -0.4 is 0 Å². The van der Waals surface area contributed by atoms with Gasteiger partial charge in [0.15, 0.2) is 6.10 Å². The maximum Gasteiger partial charge on any atom is 0.306 e. The molecular formula is C49H82O6. The smallest absolute Gasteiger partial charge is 0.306 e. The molecule has 0 aliphatic heterocycles. The Morgan fingerprint density at radius 1 is 0.382 bits per heavy atom. The standard InChI is InChI=1S/C49H82O6/c1-4-7-10-13-16-19-22-24-27-30-33-36-39-42-48(51)54-45-46(44-53-47(50)41-38-35-32-29-26-21-18-15-12-9-6-3)55-49(52)43-40-37-34-31-28-25-23-20-17-14-11-8-5-2/h7,10,13,15-16,18-19,22,24-25,27-28,46H,4-6,8-9,11-12,14,17,20-21,23,26,29-45H2,1-3H3/b10-7-,16-13-,18-15-,22-19-,27-24-,28-25-. The summed E-state index contributed by atoms with van der Waals surface area (Å²) >= 11 is 0. The molecule has 0 aromatic rings. The molecule has 1 atom stereocenters. The molecule has 0 fully saturated rings. The zero-order valence-corrected chi connectivity index (χ0v) is 35.7. The third kappa shape index (κ3) is 41.8. The molecule has 0 saturated heterocycles. The Labute approximate surface area is 338 Å². The normalized spacial score (nSPS) is 12.7. The van der Waals surface area contributed by atoms with Crippen LogP contribution >= 0.6 is 0 Å². The molecule has 0 aliphatic rings. The summed E-state index contributed by atoms with van der Waals surface area (Å²) in [5.74, 6) is -0.972. The van der Waals surface area contributed by atoms with Gasteiger partial charge in [0.2, 0.25) is 0 Å². The highest BCUT2D eigenvalue weighted by Crippen LogP contribution is 2.12. The lowest BCUT2D eigenvalue weighted by atomic mass is 10.1. The predicted molar refractivity (Wildman–Crippen MR) is 233 cm³/mol. The van der Waals surface area contributed by atoms with Crippen molar-refractivity contribution in [3.05, 3.63) is 72.9 Å². The highest BCUT2D eigenvalue weighted by Gasteiger charge is 2.19. The number of allylic oxidation sites excluding steroid dienone is 12. The molecule has 0 bridgehead atoms. The maximum absolute atomic E-state index is 12.7. The topological polar surface area (TPSA) is 78.9 Å². The van der Waals surface area contributed by atoms with Crippen LogP contribution in [0.4, 0.5) is 0 Å². The van der Waals surface area contributed by atoms with Crippen molar-refractivity contribution in [2.75, 3.05) is 13.2 Å². The van der Waals surface area contributed by atoms with Gasteiger partial charge in [-0.1, -0.05) is 171 Å². The van der Waals surface area contributed by atoms with E-state index in [0.29, 0.717) is 19.3 Å². The van der Waals surface area contributed by atoms with Crippen molar-refractivity contribution in [3.63, 3.8) is 0 Å². The third-order valence-corrected chi connectivity index (χ3v) is 9.26. The largest absolute Gasteiger partial charge is 0.462 e. The highest BCUT2D eigenvalue weighted by atomic mass is 16.6. The van der Waals surface area contributed by atoms with Gasteiger partial charge in [-0.25, -0.2) is 0 Å². The number of hydrogen-bond acceptors (Lipinski definition) is 6. The SMILES string of the molecule is CC\C=C/C=C\C=C/C=C\CCCCCC(=O)OCC(COC(=O)CCCCCCC/C=C\CCCC)OC(=O)CCCCC/C=C\CCCCCCCC. The second kappa shape index (κ2) is 43.6. The zero-order valence-electron chi connectivity index (χ0n) is 35.7. The van der Waals surface area contributed by atoms with Crippen molar-refractivity contribution in [1.29, 1.82) is 0 Å². The fraction of sp³-hybridized carbons (Fsp3) is 0.694. The first-order valence-corrected chi connectivity index (χ1v) is 22.5. The maximum atomic E-state index is 12.7. The van der Waals surface area contributed by atoms with Crippen molar-refractivity contribution in [2.45, 2.75) is 207 Å². The molecule has 55 heavy (non-hydrogen) atoms. The van der Waals surface area contributed by atoms with Gasteiger partial charge in [0.25, 0.3) is 0 Å². The van der Waals surface area contributed by atoms with Crippen LogP contribution in [0.25, 0.3) is 0 Å². The number of hydrogen-bond donors (Lipinski definition) is 0. The van der Waals surface area contributed by atoms with Crippen LogP contribution in [0, 0.1) is 0 Å². The lowest BCUT2D eigenvalue weighted by Crippen LogP contribution is -2.30. The number of carbonyl (C=O) groups is 3. The summed E-state index contributed by atoms with van der Waals surface area (Å²) < 4.78 is 16.6. The quantitative estimate of drug-likeness (QED) is 0.0204. The van der Waals surface area contributed by atoms with Crippen LogP contribution in [-0.2, 0) is 28.6 Å². The van der Waals surface area contributed by atoms with Crippen LogP contribution in [0.3, 0.4) is 0 Å². The van der Waals surface area contributed by atoms with Gasteiger partial charge in [-0.2, -0.15) is 0 Å². The Hall–Kier alpha value is -3.15. The monoisotopic (exact) mass is 767 g/mol. The Morgan fingerprint density at radius 3 is 1.24 bits per heavy atom. The second-order valence-corrected chi connectivity index (χ2v) is 14.7. The van der Waals surface area contributed by atoms with E-state index in [0.717, 1.165) is 96.3 Å². The van der Waals surface area contributed by atoms with Gasteiger partial charge in [-0.15, -0.1) is 0 Å². The molecule has 0 aromatic carbocycles. The minimum absolute atomic E-state index is 0.0996. The van der Waals surface area contributed by atoms with E-state index in [2.05, 4.69) is 57.2 Å². The number of esters is 3. The molecule has 0 amide bonds. The van der Waals surface area contributed by atoms with Crippen molar-refractivity contribution >= 4 is 17.9 Å². The fourth-order valence-electron chi connectivity index (χ4n) is 5.84. The molecule has 314 valence electrons. The molecule has 6 nitrogen and oxygen atoms in total. The molecule has 0 N–H and O–H groups in total. The van der Waals surface area contributed by atoms with E-state index in [1.54, 1.807) is 0 Å². The first-order valence-electron chi connectivity index (χ1n) is 22.5. The number of unbranched alkanes of at least 4 members (excludes halogenated alkanes) is 19. The van der Waals surface area contributed by atoms with Crippen molar-refractivity contribution in [3.8, 4) is 0 Å². The molecule has 0 saturated carbocycles. The van der Waals surface area contributed by atoms with Crippen molar-refractivity contribution < 1.29 is 28.6 Å². The fourth-order valence-corrected chi connectivity index (χ4v) is 5.84. The van der Waals surface area contributed by atoms with E-state index >= 15 is 0 Å². The van der Waals surface area contributed by atoms with Crippen LogP contribution in [0.2, 0.25) is 0 Å². The van der Waals surface area contributed by atoms with E-state index in [-0.39, 0.29) is 31.1 Å². The molecule has 0 aliphatic carbocycles. The third-order valence-electron chi connectivity index (χ3n) is 9.26. The van der Waals surface area contributed by atoms with Crippen LogP contribution in [0.15, 0.2) is 72.9 Å². The van der Waals surface area contributed by atoms with Crippen LogP contribution in [-0.4, -0.2) is 37.2 Å². The summed E-state index contributed by atoms with van der Waals surface area (Å²) in [6.07, 6.45) is 53.1. The Kier molecular flexibility index (Phi) is 41.1. The van der Waals surface area contributed by atoms with E-state index in [1.807, 2.05) is 36.5 Å². The van der Waals surface area contributed by atoms with Crippen molar-refractivity contribution in [2.24, 2.45) is 0 Å². The summed E-state index contributed by atoms with van der Waals surface area (Å²) in [6, 6.07) is 0. The Morgan fingerprint density at radius 2 is 0.745 bits per heavy atom. The van der Waals surface area contributed by atoms with Gasteiger partial charge in [-0.3, -0.25) is 14.4 Å². The minimum atomic E-state index is -0.800. The lowest BCUT2D eigenvalue weighted by Gasteiger charge is -2.18. The van der Waals surface area contributed by atoms with Gasteiger partial charge >= 0.3 is 17.9 Å². The molecule has 0 heterocycles. The van der Waals surface area contributed by atoms with Gasteiger partial charge < -0.3 is 14.2 Å². The number of rotatable bonds is 39. The Bertz CT molecular complexity index is 1070. The number of carbonyl (C=O) groups excluding carboxylic acids is 3. The first-order chi connectivity index (χ1) is 27.0. The van der Waals surface area contributed by atoms with Crippen molar-refractivity contribution in [1.82, 2.24) is 0 Å². The minimum Gasteiger partial charge on any atom is -0.462 e. The summed E-state index contributed by atoms with van der Waals surface area (Å²) in [6.45, 7) is 6.37. The average molecular weight is 767 g/mol. The molecule has 0 rings (SSSR count). The van der Waals surface area contributed by atoms with Gasteiger partial charge in [0, 0.05) is 19.3 Å². The van der Waals surface area contributed by atoms with E-state index in [4.69, 9.17) is 14.2 Å². The van der Waals surface area contributed by atoms with Gasteiger partial charge in [0.05, 0.1) is 0 Å². The van der Waals surface area contributed by atoms with E-state index in [1.165, 1.54) is 64.2 Å². The molecule has 0 spiro atoms. The summed E-state index contributed by atoms with van der Waals surface area (Å²) in [5.41, 5.74) is 0. The Balaban J connectivity index is 4.49. The summed E-state index contributed by atoms with van der Waals surface area (Å²) in [5, 5.41) is 0. The highest BCUT2D eigenvalue weighted by molar-refractivity contribution is 5.71. The molecule has 1 unspecified atom stereocenters. The lowest BCUT2D eigenvalue weighted by molar-refractivity contribution is -0.167. The number of ether oxygens (including phenoxy) is 3. The van der Waals surface area contributed by atoms with E-state index < -0.39 is 6.10 Å². The first kappa shape index (κ1) is 51.9. The molecular weight excluding hydrogens is 685 g/mol. The zero-order chi connectivity index (χ0) is 40.1. The van der Waals surface area contributed by atoms with Crippen LogP contribution in [0.1, 0.15) is 201 Å².